The summed E-state index contributed by atoms with van der Waals surface area (Å²) in [6.07, 6.45) is 2.76. The van der Waals surface area contributed by atoms with E-state index in [-0.39, 0.29) is 11.8 Å². The Labute approximate surface area is 198 Å². The number of fused-ring (bicyclic) bond motifs is 1. The monoisotopic (exact) mass is 450 g/mol. The van der Waals surface area contributed by atoms with Crippen LogP contribution in [0.3, 0.4) is 0 Å². The first kappa shape index (κ1) is 21.6. The molecule has 0 fully saturated rings. The molecule has 0 saturated heterocycles. The van der Waals surface area contributed by atoms with Crippen LogP contribution in [0.15, 0.2) is 72.8 Å². The third-order valence-electron chi connectivity index (χ3n) is 6.27. The van der Waals surface area contributed by atoms with Gasteiger partial charge in [-0.25, -0.2) is 4.68 Å². The van der Waals surface area contributed by atoms with Crippen LogP contribution in [0.5, 0.6) is 0 Å². The molecule has 6 nitrogen and oxygen atoms in total. The number of amides is 2. The Balaban J connectivity index is 1.41. The number of aromatic nitrogens is 2. The van der Waals surface area contributed by atoms with Crippen LogP contribution in [-0.2, 0) is 12.8 Å². The molecular formula is C28H26N4O2. The lowest BCUT2D eigenvalue weighted by molar-refractivity contribution is 0.101. The largest absolute Gasteiger partial charge is 0.322 e. The Morgan fingerprint density at radius 1 is 0.824 bits per heavy atom. The van der Waals surface area contributed by atoms with Crippen LogP contribution in [0.2, 0.25) is 0 Å². The highest BCUT2D eigenvalue weighted by atomic mass is 16.2. The fourth-order valence-corrected chi connectivity index (χ4v) is 4.43. The van der Waals surface area contributed by atoms with Crippen molar-refractivity contribution in [2.24, 2.45) is 0 Å². The number of anilines is 2. The standard InChI is InChI=1S/C28H26N4O2/c1-18-15-16-21(29-27(33)20-10-4-3-5-11-20)17-23(18)30-28(34)26-22-12-8-14-25(22)32(31-26)24-13-7-6-9-19(24)2/h3-7,9-11,13,15-17H,8,12,14H2,1-2H3,(H,29,33)(H,30,34). The zero-order valence-electron chi connectivity index (χ0n) is 19.3. The van der Waals surface area contributed by atoms with Crippen molar-refractivity contribution in [2.75, 3.05) is 10.6 Å². The van der Waals surface area contributed by atoms with Crippen LogP contribution in [0, 0.1) is 13.8 Å². The average molecular weight is 451 g/mol. The van der Waals surface area contributed by atoms with Crippen molar-refractivity contribution < 1.29 is 9.59 Å². The summed E-state index contributed by atoms with van der Waals surface area (Å²) < 4.78 is 1.93. The van der Waals surface area contributed by atoms with E-state index in [1.165, 1.54) is 0 Å². The molecule has 1 aromatic heterocycles. The van der Waals surface area contributed by atoms with Gasteiger partial charge in [-0.3, -0.25) is 9.59 Å². The van der Waals surface area contributed by atoms with Gasteiger partial charge in [0.05, 0.1) is 5.69 Å². The molecule has 6 heteroatoms. The number of hydrogen-bond acceptors (Lipinski definition) is 3. The molecule has 0 aliphatic heterocycles. The normalized spacial score (nSPS) is 12.3. The first-order valence-corrected chi connectivity index (χ1v) is 11.5. The van der Waals surface area contributed by atoms with Gasteiger partial charge in [0.15, 0.2) is 5.69 Å². The predicted molar refractivity (Wildman–Crippen MR) is 134 cm³/mol. The predicted octanol–water partition coefficient (Wildman–Crippen LogP) is 5.48. The first-order valence-electron chi connectivity index (χ1n) is 11.5. The van der Waals surface area contributed by atoms with E-state index in [2.05, 4.69) is 23.6 Å². The van der Waals surface area contributed by atoms with Crippen LogP contribution in [0.4, 0.5) is 11.4 Å². The lowest BCUT2D eigenvalue weighted by atomic mass is 10.1. The second-order valence-corrected chi connectivity index (χ2v) is 8.63. The number of rotatable bonds is 5. The minimum Gasteiger partial charge on any atom is -0.322 e. The topological polar surface area (TPSA) is 76.0 Å². The fourth-order valence-electron chi connectivity index (χ4n) is 4.43. The summed E-state index contributed by atoms with van der Waals surface area (Å²) in [5, 5.41) is 10.7. The summed E-state index contributed by atoms with van der Waals surface area (Å²) in [5.41, 5.74) is 7.46. The molecule has 5 rings (SSSR count). The maximum atomic E-state index is 13.3. The Hall–Kier alpha value is -4.19. The number of nitrogens with one attached hydrogen (secondary N) is 2. The molecule has 2 N–H and O–H groups in total. The Bertz CT molecular complexity index is 1390. The van der Waals surface area contributed by atoms with Gasteiger partial charge in [-0.1, -0.05) is 42.5 Å². The molecule has 1 heterocycles. The molecule has 0 radical (unpaired) electrons. The van der Waals surface area contributed by atoms with E-state index in [1.807, 2.05) is 60.1 Å². The Kier molecular flexibility index (Phi) is 5.72. The molecule has 2 amide bonds. The molecule has 1 aliphatic carbocycles. The summed E-state index contributed by atoms with van der Waals surface area (Å²) in [6.45, 7) is 3.98. The number of aryl methyl sites for hydroxylation is 2. The highest BCUT2D eigenvalue weighted by Crippen LogP contribution is 2.30. The van der Waals surface area contributed by atoms with Gasteiger partial charge in [0.1, 0.15) is 0 Å². The molecule has 170 valence electrons. The Morgan fingerprint density at radius 2 is 1.59 bits per heavy atom. The second-order valence-electron chi connectivity index (χ2n) is 8.63. The molecule has 0 unspecified atom stereocenters. The van der Waals surface area contributed by atoms with E-state index in [9.17, 15) is 9.59 Å². The van der Waals surface area contributed by atoms with Gasteiger partial charge in [-0.05, 0) is 74.6 Å². The van der Waals surface area contributed by atoms with E-state index in [4.69, 9.17) is 5.10 Å². The van der Waals surface area contributed by atoms with Crippen LogP contribution >= 0.6 is 0 Å². The molecule has 0 atom stereocenters. The lowest BCUT2D eigenvalue weighted by Crippen LogP contribution is -2.16. The molecule has 0 spiro atoms. The zero-order chi connectivity index (χ0) is 23.7. The maximum Gasteiger partial charge on any atom is 0.276 e. The van der Waals surface area contributed by atoms with Crippen molar-refractivity contribution in [1.82, 2.24) is 9.78 Å². The molecule has 0 saturated carbocycles. The molecule has 0 bridgehead atoms. The summed E-state index contributed by atoms with van der Waals surface area (Å²) in [5.74, 6) is -0.434. The van der Waals surface area contributed by atoms with Gasteiger partial charge in [-0.2, -0.15) is 5.10 Å². The quantitative estimate of drug-likeness (QED) is 0.423. The SMILES string of the molecule is Cc1ccc(NC(=O)c2ccccc2)cc1NC(=O)c1nn(-c2ccccc2C)c2c1CCC2. The van der Waals surface area contributed by atoms with Crippen LogP contribution in [-0.4, -0.2) is 21.6 Å². The number of hydrogen-bond donors (Lipinski definition) is 2. The zero-order valence-corrected chi connectivity index (χ0v) is 19.3. The van der Waals surface area contributed by atoms with E-state index >= 15 is 0 Å². The van der Waals surface area contributed by atoms with Crippen molar-refractivity contribution in [3.05, 3.63) is 106 Å². The number of para-hydroxylation sites is 1. The third-order valence-corrected chi connectivity index (χ3v) is 6.27. The highest BCUT2D eigenvalue weighted by molar-refractivity contribution is 6.06. The van der Waals surface area contributed by atoms with Crippen molar-refractivity contribution in [2.45, 2.75) is 33.1 Å². The van der Waals surface area contributed by atoms with Crippen LogP contribution in [0.1, 0.15) is 49.7 Å². The van der Waals surface area contributed by atoms with E-state index in [1.54, 1.807) is 18.2 Å². The van der Waals surface area contributed by atoms with Crippen molar-refractivity contribution in [1.29, 1.82) is 0 Å². The molecule has 1 aliphatic rings. The van der Waals surface area contributed by atoms with Gasteiger partial charge < -0.3 is 10.6 Å². The minimum absolute atomic E-state index is 0.198. The van der Waals surface area contributed by atoms with E-state index in [0.717, 1.165) is 47.3 Å². The van der Waals surface area contributed by atoms with Crippen LogP contribution in [0.25, 0.3) is 5.69 Å². The van der Waals surface area contributed by atoms with Gasteiger partial charge in [0.2, 0.25) is 0 Å². The summed E-state index contributed by atoms with van der Waals surface area (Å²) >= 11 is 0. The van der Waals surface area contributed by atoms with E-state index < -0.39 is 0 Å². The number of carbonyl (C=O) groups is 2. The lowest BCUT2D eigenvalue weighted by Gasteiger charge is -2.12. The Morgan fingerprint density at radius 3 is 2.38 bits per heavy atom. The molecule has 4 aromatic rings. The van der Waals surface area contributed by atoms with E-state index in [0.29, 0.717) is 22.6 Å². The summed E-state index contributed by atoms with van der Waals surface area (Å²) in [6, 6.07) is 22.6. The number of benzene rings is 3. The smallest absolute Gasteiger partial charge is 0.276 e. The molecular weight excluding hydrogens is 424 g/mol. The second kappa shape index (κ2) is 8.98. The van der Waals surface area contributed by atoms with Gasteiger partial charge in [-0.15, -0.1) is 0 Å². The first-order chi connectivity index (χ1) is 16.5. The maximum absolute atomic E-state index is 13.3. The van der Waals surface area contributed by atoms with Crippen LogP contribution < -0.4 is 10.6 Å². The average Bonchev–Trinajstić information content (AvgIpc) is 3.45. The van der Waals surface area contributed by atoms with Gasteiger partial charge in [0.25, 0.3) is 11.8 Å². The molecule has 3 aromatic carbocycles. The van der Waals surface area contributed by atoms with Gasteiger partial charge in [0, 0.05) is 28.2 Å². The summed E-state index contributed by atoms with van der Waals surface area (Å²) in [4.78, 5) is 25.9. The number of nitrogens with zero attached hydrogens (tertiary/aromatic N) is 2. The fraction of sp³-hybridized carbons (Fsp3) is 0.179. The third kappa shape index (κ3) is 4.10. The summed E-state index contributed by atoms with van der Waals surface area (Å²) in [7, 11) is 0. The van der Waals surface area contributed by atoms with Crippen molar-refractivity contribution in [3.63, 3.8) is 0 Å². The number of carbonyl (C=O) groups excluding carboxylic acids is 2. The highest BCUT2D eigenvalue weighted by Gasteiger charge is 2.27. The van der Waals surface area contributed by atoms with Crippen molar-refractivity contribution >= 4 is 23.2 Å². The molecule has 34 heavy (non-hydrogen) atoms. The van der Waals surface area contributed by atoms with Gasteiger partial charge >= 0.3 is 0 Å². The van der Waals surface area contributed by atoms with Crippen molar-refractivity contribution in [3.8, 4) is 5.69 Å². The minimum atomic E-state index is -0.236.